The van der Waals surface area contributed by atoms with E-state index in [2.05, 4.69) is 27.8 Å². The van der Waals surface area contributed by atoms with E-state index >= 15 is 0 Å². The first kappa shape index (κ1) is 12.1. The summed E-state index contributed by atoms with van der Waals surface area (Å²) in [5.41, 5.74) is 2.14. The van der Waals surface area contributed by atoms with Gasteiger partial charge in [0.2, 0.25) is 5.91 Å². The fourth-order valence-corrected chi connectivity index (χ4v) is 2.20. The number of nitrogens with zero attached hydrogens (tertiary/aromatic N) is 1. The standard InChI is InChI=1S/C12H20N4O/c1-3-10-8(2)11(16-15-10)14-12(17)9-4-6-13-7-5-9/h9,13H,3-7H2,1-2H3,(H2,14,15,16,17). The van der Waals surface area contributed by atoms with Crippen LogP contribution in [0.2, 0.25) is 0 Å². The summed E-state index contributed by atoms with van der Waals surface area (Å²) >= 11 is 0. The van der Waals surface area contributed by atoms with E-state index in [1.807, 2.05) is 6.92 Å². The van der Waals surface area contributed by atoms with Crippen LogP contribution in [0.15, 0.2) is 0 Å². The van der Waals surface area contributed by atoms with Crippen LogP contribution in [0.5, 0.6) is 0 Å². The van der Waals surface area contributed by atoms with Gasteiger partial charge in [-0.25, -0.2) is 0 Å². The Hall–Kier alpha value is -1.36. The molecular weight excluding hydrogens is 216 g/mol. The number of aromatic nitrogens is 2. The van der Waals surface area contributed by atoms with Gasteiger partial charge in [-0.15, -0.1) is 0 Å². The summed E-state index contributed by atoms with van der Waals surface area (Å²) < 4.78 is 0. The maximum Gasteiger partial charge on any atom is 0.228 e. The molecule has 1 aliphatic heterocycles. The van der Waals surface area contributed by atoms with Gasteiger partial charge in [0.15, 0.2) is 5.82 Å². The Balaban J connectivity index is 1.99. The Bertz CT molecular complexity index is 393. The summed E-state index contributed by atoms with van der Waals surface area (Å²) in [6.45, 7) is 5.91. The largest absolute Gasteiger partial charge is 0.317 e. The maximum absolute atomic E-state index is 12.0. The summed E-state index contributed by atoms with van der Waals surface area (Å²) in [6.07, 6.45) is 2.73. The van der Waals surface area contributed by atoms with E-state index in [-0.39, 0.29) is 11.8 Å². The molecule has 0 bridgehead atoms. The molecule has 17 heavy (non-hydrogen) atoms. The third-order valence-corrected chi connectivity index (χ3v) is 3.42. The van der Waals surface area contributed by atoms with Gasteiger partial charge in [-0.05, 0) is 39.3 Å². The molecule has 1 aromatic rings. The molecule has 1 aliphatic rings. The van der Waals surface area contributed by atoms with E-state index in [9.17, 15) is 4.79 Å². The summed E-state index contributed by atoms with van der Waals surface area (Å²) in [4.78, 5) is 12.0. The smallest absolute Gasteiger partial charge is 0.228 e. The molecule has 2 heterocycles. The Kier molecular flexibility index (Phi) is 3.78. The highest BCUT2D eigenvalue weighted by Gasteiger charge is 2.22. The summed E-state index contributed by atoms with van der Waals surface area (Å²) in [5.74, 6) is 0.909. The fraction of sp³-hybridized carbons (Fsp3) is 0.667. The van der Waals surface area contributed by atoms with Gasteiger partial charge >= 0.3 is 0 Å². The minimum atomic E-state index is 0.101. The van der Waals surface area contributed by atoms with Gasteiger partial charge in [-0.2, -0.15) is 5.10 Å². The van der Waals surface area contributed by atoms with Crippen LogP contribution < -0.4 is 10.6 Å². The molecule has 5 nitrogen and oxygen atoms in total. The molecule has 0 spiro atoms. The van der Waals surface area contributed by atoms with Gasteiger partial charge in [-0.1, -0.05) is 6.92 Å². The zero-order valence-electron chi connectivity index (χ0n) is 10.5. The normalized spacial score (nSPS) is 17.1. The van der Waals surface area contributed by atoms with Gasteiger partial charge < -0.3 is 10.6 Å². The maximum atomic E-state index is 12.0. The fourth-order valence-electron chi connectivity index (χ4n) is 2.20. The number of aryl methyl sites for hydroxylation is 1. The van der Waals surface area contributed by atoms with E-state index < -0.39 is 0 Å². The van der Waals surface area contributed by atoms with Crippen molar-refractivity contribution in [2.75, 3.05) is 18.4 Å². The average Bonchev–Trinajstić information content (AvgIpc) is 2.71. The van der Waals surface area contributed by atoms with Crippen LogP contribution in [0.25, 0.3) is 0 Å². The quantitative estimate of drug-likeness (QED) is 0.739. The molecule has 1 fully saturated rings. The average molecular weight is 236 g/mol. The van der Waals surface area contributed by atoms with Gasteiger partial charge in [-0.3, -0.25) is 9.89 Å². The Morgan fingerprint density at radius 3 is 2.76 bits per heavy atom. The predicted octanol–water partition coefficient (Wildman–Crippen LogP) is 1.22. The van der Waals surface area contributed by atoms with Crippen molar-refractivity contribution in [3.63, 3.8) is 0 Å². The Labute approximate surface area is 101 Å². The number of carbonyl (C=O) groups excluding carboxylic acids is 1. The minimum Gasteiger partial charge on any atom is -0.317 e. The second kappa shape index (κ2) is 5.31. The molecule has 1 amide bonds. The molecule has 1 saturated heterocycles. The van der Waals surface area contributed by atoms with Gasteiger partial charge in [0.25, 0.3) is 0 Å². The van der Waals surface area contributed by atoms with E-state index in [4.69, 9.17) is 0 Å². The number of hydrogen-bond donors (Lipinski definition) is 3. The lowest BCUT2D eigenvalue weighted by atomic mass is 9.97. The van der Waals surface area contributed by atoms with Crippen molar-refractivity contribution in [3.05, 3.63) is 11.3 Å². The third kappa shape index (κ3) is 2.66. The van der Waals surface area contributed by atoms with Crippen LogP contribution in [0.4, 0.5) is 5.82 Å². The number of nitrogens with one attached hydrogen (secondary N) is 3. The zero-order chi connectivity index (χ0) is 12.3. The molecule has 2 rings (SSSR count). The third-order valence-electron chi connectivity index (χ3n) is 3.42. The van der Waals surface area contributed by atoms with Crippen molar-refractivity contribution in [1.82, 2.24) is 15.5 Å². The van der Waals surface area contributed by atoms with Crippen LogP contribution in [0, 0.1) is 12.8 Å². The number of amides is 1. The van der Waals surface area contributed by atoms with Crippen molar-refractivity contribution in [3.8, 4) is 0 Å². The van der Waals surface area contributed by atoms with Crippen molar-refractivity contribution >= 4 is 11.7 Å². The molecule has 5 heteroatoms. The van der Waals surface area contributed by atoms with Gasteiger partial charge in [0, 0.05) is 17.2 Å². The van der Waals surface area contributed by atoms with Crippen LogP contribution in [0.3, 0.4) is 0 Å². The molecule has 0 saturated carbocycles. The van der Waals surface area contributed by atoms with Crippen molar-refractivity contribution in [2.24, 2.45) is 5.92 Å². The lowest BCUT2D eigenvalue weighted by Crippen LogP contribution is -2.34. The molecule has 3 N–H and O–H groups in total. The first-order chi connectivity index (χ1) is 8.22. The lowest BCUT2D eigenvalue weighted by molar-refractivity contribution is -0.120. The van der Waals surface area contributed by atoms with Gasteiger partial charge in [0.1, 0.15) is 0 Å². The minimum absolute atomic E-state index is 0.101. The number of rotatable bonds is 3. The topological polar surface area (TPSA) is 69.8 Å². The summed E-state index contributed by atoms with van der Waals surface area (Å²) in [6, 6.07) is 0. The number of carbonyl (C=O) groups is 1. The molecule has 0 aliphatic carbocycles. The number of piperidine rings is 1. The second-order valence-corrected chi connectivity index (χ2v) is 4.54. The van der Waals surface area contributed by atoms with Crippen LogP contribution in [0.1, 0.15) is 31.0 Å². The SMILES string of the molecule is CCc1[nH]nc(NC(=O)C2CCNCC2)c1C. The molecule has 1 aromatic heterocycles. The molecule has 0 atom stereocenters. The number of aromatic amines is 1. The van der Waals surface area contributed by atoms with Crippen molar-refractivity contribution in [1.29, 1.82) is 0 Å². The Morgan fingerprint density at radius 1 is 1.47 bits per heavy atom. The van der Waals surface area contributed by atoms with E-state index in [1.165, 1.54) is 0 Å². The highest BCUT2D eigenvalue weighted by atomic mass is 16.2. The Morgan fingerprint density at radius 2 is 2.18 bits per heavy atom. The molecule has 0 unspecified atom stereocenters. The van der Waals surface area contributed by atoms with Crippen LogP contribution in [-0.2, 0) is 11.2 Å². The highest BCUT2D eigenvalue weighted by molar-refractivity contribution is 5.92. The van der Waals surface area contributed by atoms with Crippen molar-refractivity contribution < 1.29 is 4.79 Å². The lowest BCUT2D eigenvalue weighted by Gasteiger charge is -2.21. The van der Waals surface area contributed by atoms with E-state index in [0.29, 0.717) is 5.82 Å². The van der Waals surface area contributed by atoms with E-state index in [0.717, 1.165) is 43.6 Å². The predicted molar refractivity (Wildman–Crippen MR) is 66.9 cm³/mol. The molecule has 94 valence electrons. The van der Waals surface area contributed by atoms with E-state index in [1.54, 1.807) is 0 Å². The first-order valence-corrected chi connectivity index (χ1v) is 6.27. The zero-order valence-corrected chi connectivity index (χ0v) is 10.5. The van der Waals surface area contributed by atoms with Crippen LogP contribution in [-0.4, -0.2) is 29.2 Å². The van der Waals surface area contributed by atoms with Gasteiger partial charge in [0.05, 0.1) is 0 Å². The molecule has 0 radical (unpaired) electrons. The highest BCUT2D eigenvalue weighted by Crippen LogP contribution is 2.18. The van der Waals surface area contributed by atoms with Crippen molar-refractivity contribution in [2.45, 2.75) is 33.1 Å². The summed E-state index contributed by atoms with van der Waals surface area (Å²) in [5, 5.41) is 13.3. The number of H-pyrrole nitrogens is 1. The molecular formula is C12H20N4O. The summed E-state index contributed by atoms with van der Waals surface area (Å²) in [7, 11) is 0. The monoisotopic (exact) mass is 236 g/mol. The number of hydrogen-bond acceptors (Lipinski definition) is 3. The van der Waals surface area contributed by atoms with Crippen LogP contribution >= 0.6 is 0 Å². The second-order valence-electron chi connectivity index (χ2n) is 4.54. The first-order valence-electron chi connectivity index (χ1n) is 6.27. The molecule has 0 aromatic carbocycles. The number of anilines is 1.